The van der Waals surface area contributed by atoms with E-state index in [1.807, 2.05) is 6.92 Å². The molecule has 0 heterocycles. The normalized spacial score (nSPS) is 12.2. The minimum atomic E-state index is 0.0910. The van der Waals surface area contributed by atoms with E-state index >= 15 is 0 Å². The minimum Gasteiger partial charge on any atom is -0.493 e. The largest absolute Gasteiger partial charge is 0.493 e. The Hall–Kier alpha value is -0.870. The molecule has 0 fully saturated rings. The monoisotopic (exact) mass is 272 g/mol. The highest BCUT2D eigenvalue weighted by atomic mass is 79.9. The highest BCUT2D eigenvalue weighted by Crippen LogP contribution is 2.21. The summed E-state index contributed by atoms with van der Waals surface area (Å²) in [5.74, 6) is 0.730. The highest BCUT2D eigenvalue weighted by molar-refractivity contribution is 9.10. The summed E-state index contributed by atoms with van der Waals surface area (Å²) in [6.07, 6.45) is 0.770. The van der Waals surface area contributed by atoms with Gasteiger partial charge in [0.2, 0.25) is 0 Å². The van der Waals surface area contributed by atoms with E-state index in [1.165, 1.54) is 0 Å². The molecule has 3 nitrogen and oxygen atoms in total. The fourth-order valence-corrected chi connectivity index (χ4v) is 1.33. The Bertz CT molecular complexity index is 339. The van der Waals surface area contributed by atoms with Crippen molar-refractivity contribution in [3.63, 3.8) is 0 Å². The fraction of sp³-hybridized carbons (Fsp3) is 0.364. The lowest BCUT2D eigenvalue weighted by molar-refractivity contribution is 0.112. The smallest absolute Gasteiger partial charge is 0.151 e. The van der Waals surface area contributed by atoms with Crippen molar-refractivity contribution >= 4 is 22.2 Å². The van der Waals surface area contributed by atoms with E-state index < -0.39 is 0 Å². The first-order valence-electron chi connectivity index (χ1n) is 4.65. The van der Waals surface area contributed by atoms with Gasteiger partial charge in [-0.2, -0.15) is 0 Å². The number of aliphatic hydroxyl groups excluding tert-OH is 1. The van der Waals surface area contributed by atoms with E-state index in [-0.39, 0.29) is 12.5 Å². The lowest BCUT2D eigenvalue weighted by Gasteiger charge is -2.10. The zero-order valence-electron chi connectivity index (χ0n) is 8.44. The predicted octanol–water partition coefficient (Wildman–Crippen LogP) is 2.27. The van der Waals surface area contributed by atoms with Crippen molar-refractivity contribution in [3.8, 4) is 5.75 Å². The molecule has 1 aromatic carbocycles. The summed E-state index contributed by atoms with van der Waals surface area (Å²) in [4.78, 5) is 10.6. The number of halogens is 1. The van der Waals surface area contributed by atoms with Gasteiger partial charge in [-0.25, -0.2) is 0 Å². The van der Waals surface area contributed by atoms with Crippen molar-refractivity contribution in [2.45, 2.75) is 6.92 Å². The maximum Gasteiger partial charge on any atom is 0.151 e. The van der Waals surface area contributed by atoms with Crippen LogP contribution in [0, 0.1) is 5.92 Å². The molecule has 4 heteroatoms. The van der Waals surface area contributed by atoms with Crippen LogP contribution in [-0.2, 0) is 0 Å². The SMILES string of the molecule is CC(CO)COc1ccc(Br)c(C=O)c1. The molecule has 1 rings (SSSR count). The number of carbonyl (C=O) groups excluding carboxylic acids is 1. The zero-order chi connectivity index (χ0) is 11.3. The van der Waals surface area contributed by atoms with E-state index in [1.54, 1.807) is 18.2 Å². The molecule has 0 aromatic heterocycles. The molecular weight excluding hydrogens is 260 g/mol. The number of aldehydes is 1. The second-order valence-corrected chi connectivity index (χ2v) is 4.25. The molecule has 0 bridgehead atoms. The molecule has 1 N–H and O–H groups in total. The number of carbonyl (C=O) groups is 1. The Morgan fingerprint density at radius 2 is 2.33 bits per heavy atom. The summed E-state index contributed by atoms with van der Waals surface area (Å²) >= 11 is 3.26. The first-order valence-corrected chi connectivity index (χ1v) is 5.45. The quantitative estimate of drug-likeness (QED) is 0.837. The molecule has 1 unspecified atom stereocenters. The van der Waals surface area contributed by atoms with Crippen LogP contribution in [0.2, 0.25) is 0 Å². The van der Waals surface area contributed by atoms with Crippen molar-refractivity contribution in [3.05, 3.63) is 28.2 Å². The van der Waals surface area contributed by atoms with Gasteiger partial charge in [-0.3, -0.25) is 4.79 Å². The number of ether oxygens (including phenoxy) is 1. The summed E-state index contributed by atoms with van der Waals surface area (Å²) < 4.78 is 6.17. The second kappa shape index (κ2) is 5.88. The Balaban J connectivity index is 2.66. The Labute approximate surface area is 97.2 Å². The molecule has 0 radical (unpaired) electrons. The van der Waals surface area contributed by atoms with Gasteiger partial charge >= 0.3 is 0 Å². The third kappa shape index (κ3) is 3.64. The van der Waals surface area contributed by atoms with Crippen molar-refractivity contribution in [1.29, 1.82) is 0 Å². The van der Waals surface area contributed by atoms with Crippen LogP contribution in [0.15, 0.2) is 22.7 Å². The van der Waals surface area contributed by atoms with Crippen LogP contribution in [0.4, 0.5) is 0 Å². The van der Waals surface area contributed by atoms with Crippen LogP contribution in [0.5, 0.6) is 5.75 Å². The van der Waals surface area contributed by atoms with E-state index in [0.29, 0.717) is 17.9 Å². The van der Waals surface area contributed by atoms with Gasteiger partial charge in [0.1, 0.15) is 5.75 Å². The van der Waals surface area contributed by atoms with Crippen LogP contribution in [0.1, 0.15) is 17.3 Å². The molecule has 0 aliphatic rings. The van der Waals surface area contributed by atoms with E-state index in [0.717, 1.165) is 10.8 Å². The maximum atomic E-state index is 10.6. The van der Waals surface area contributed by atoms with Gasteiger partial charge in [0.15, 0.2) is 6.29 Å². The molecule has 0 saturated heterocycles. The van der Waals surface area contributed by atoms with E-state index in [9.17, 15) is 4.79 Å². The average Bonchev–Trinajstić information content (AvgIpc) is 2.27. The molecule has 0 saturated carbocycles. The summed E-state index contributed by atoms with van der Waals surface area (Å²) in [5, 5.41) is 8.81. The molecule has 0 aliphatic heterocycles. The molecular formula is C11H13BrO3. The number of hydrogen-bond acceptors (Lipinski definition) is 3. The third-order valence-electron chi connectivity index (χ3n) is 1.94. The Morgan fingerprint density at radius 1 is 1.60 bits per heavy atom. The van der Waals surface area contributed by atoms with Crippen LogP contribution < -0.4 is 4.74 Å². The lowest BCUT2D eigenvalue weighted by Crippen LogP contribution is -2.12. The van der Waals surface area contributed by atoms with Gasteiger partial charge in [0, 0.05) is 22.6 Å². The van der Waals surface area contributed by atoms with Crippen molar-refractivity contribution in [2.24, 2.45) is 5.92 Å². The minimum absolute atomic E-state index is 0.0910. The van der Waals surface area contributed by atoms with Crippen LogP contribution in [-0.4, -0.2) is 24.6 Å². The summed E-state index contributed by atoms with van der Waals surface area (Å²) in [6, 6.07) is 5.21. The number of rotatable bonds is 5. The lowest BCUT2D eigenvalue weighted by atomic mass is 10.2. The molecule has 1 atom stereocenters. The number of hydrogen-bond donors (Lipinski definition) is 1. The van der Waals surface area contributed by atoms with E-state index in [4.69, 9.17) is 9.84 Å². The van der Waals surface area contributed by atoms with Gasteiger partial charge in [-0.1, -0.05) is 22.9 Å². The Morgan fingerprint density at radius 3 is 2.93 bits per heavy atom. The third-order valence-corrected chi connectivity index (χ3v) is 2.66. The number of aliphatic hydroxyl groups is 1. The second-order valence-electron chi connectivity index (χ2n) is 3.40. The summed E-state index contributed by atoms with van der Waals surface area (Å²) in [7, 11) is 0. The predicted molar refractivity (Wildman–Crippen MR) is 61.3 cm³/mol. The first-order chi connectivity index (χ1) is 7.17. The van der Waals surface area contributed by atoms with Crippen LogP contribution >= 0.6 is 15.9 Å². The topological polar surface area (TPSA) is 46.5 Å². The fourth-order valence-electron chi connectivity index (χ4n) is 0.993. The highest BCUT2D eigenvalue weighted by Gasteiger charge is 2.04. The Kier molecular flexibility index (Phi) is 4.78. The molecule has 82 valence electrons. The van der Waals surface area contributed by atoms with Gasteiger partial charge < -0.3 is 9.84 Å². The van der Waals surface area contributed by atoms with Gasteiger partial charge in [-0.05, 0) is 18.2 Å². The molecule has 1 aromatic rings. The van der Waals surface area contributed by atoms with Gasteiger partial charge in [0.05, 0.1) is 6.61 Å². The van der Waals surface area contributed by atoms with Crippen LogP contribution in [0.25, 0.3) is 0 Å². The molecule has 0 amide bonds. The summed E-state index contributed by atoms with van der Waals surface area (Å²) in [5.41, 5.74) is 0.559. The average molecular weight is 273 g/mol. The maximum absolute atomic E-state index is 10.6. The molecule has 0 spiro atoms. The summed E-state index contributed by atoms with van der Waals surface area (Å²) in [6.45, 7) is 2.42. The van der Waals surface area contributed by atoms with Crippen molar-refractivity contribution < 1.29 is 14.6 Å². The number of benzene rings is 1. The zero-order valence-corrected chi connectivity index (χ0v) is 10.0. The molecule has 0 aliphatic carbocycles. The van der Waals surface area contributed by atoms with E-state index in [2.05, 4.69) is 15.9 Å². The van der Waals surface area contributed by atoms with Gasteiger partial charge in [-0.15, -0.1) is 0 Å². The molecule has 15 heavy (non-hydrogen) atoms. The van der Waals surface area contributed by atoms with Crippen LogP contribution in [0.3, 0.4) is 0 Å². The van der Waals surface area contributed by atoms with Crippen molar-refractivity contribution in [1.82, 2.24) is 0 Å². The first kappa shape index (κ1) is 12.2. The van der Waals surface area contributed by atoms with Crippen molar-refractivity contribution in [2.75, 3.05) is 13.2 Å². The standard InChI is InChI=1S/C11H13BrO3/c1-8(5-13)7-15-10-2-3-11(12)9(4-10)6-14/h2-4,6,8,13H,5,7H2,1H3. The van der Waals surface area contributed by atoms with Gasteiger partial charge in [0.25, 0.3) is 0 Å².